The second-order valence-corrected chi connectivity index (χ2v) is 4.78. The summed E-state index contributed by atoms with van der Waals surface area (Å²) in [4.78, 5) is 25.4. The van der Waals surface area contributed by atoms with Crippen LogP contribution in [0.5, 0.6) is 11.5 Å². The molecule has 1 heterocycles. The van der Waals surface area contributed by atoms with Crippen LogP contribution < -0.4 is 20.3 Å². The van der Waals surface area contributed by atoms with E-state index in [4.69, 9.17) is 9.47 Å². The minimum Gasteiger partial charge on any atom is -0.497 e. The molecule has 0 aliphatic heterocycles. The summed E-state index contributed by atoms with van der Waals surface area (Å²) in [5, 5.41) is 12.9. The smallest absolute Gasteiger partial charge is 0.252 e. The highest BCUT2D eigenvalue weighted by Crippen LogP contribution is 2.29. The molecule has 0 saturated heterocycles. The average Bonchev–Trinajstić information content (AvgIpc) is 2.59. The lowest BCUT2D eigenvalue weighted by Crippen LogP contribution is -2.29. The molecule has 0 bridgehead atoms. The molecule has 3 N–H and O–H groups in total. The van der Waals surface area contributed by atoms with Crippen molar-refractivity contribution in [1.29, 1.82) is 0 Å². The Balaban J connectivity index is 2.07. The van der Waals surface area contributed by atoms with E-state index in [1.807, 2.05) is 0 Å². The van der Waals surface area contributed by atoms with Gasteiger partial charge in [-0.3, -0.25) is 9.59 Å². The maximum absolute atomic E-state index is 12.0. The molecule has 1 aromatic carbocycles. The first-order valence-electron chi connectivity index (χ1n) is 6.92. The standard InChI is InChI=1S/C16H18N2O5/c1-22-11-4-5-14(23-2)12(7-11)13(19)9-18-16(21)10-3-6-15(20)17-8-10/h3-8,13,19H,9H2,1-2H3,(H,17,20)(H,18,21)/t13-/m1/s1. The average molecular weight is 318 g/mol. The van der Waals surface area contributed by atoms with Gasteiger partial charge < -0.3 is 24.9 Å². The number of aromatic amines is 1. The fourth-order valence-electron chi connectivity index (χ4n) is 2.05. The van der Waals surface area contributed by atoms with Gasteiger partial charge >= 0.3 is 0 Å². The number of carbonyl (C=O) groups is 1. The number of rotatable bonds is 6. The van der Waals surface area contributed by atoms with E-state index < -0.39 is 12.0 Å². The molecule has 1 aromatic heterocycles. The van der Waals surface area contributed by atoms with Gasteiger partial charge in [0.15, 0.2) is 0 Å². The van der Waals surface area contributed by atoms with Crippen LogP contribution >= 0.6 is 0 Å². The molecule has 23 heavy (non-hydrogen) atoms. The molecule has 0 aliphatic rings. The monoisotopic (exact) mass is 318 g/mol. The lowest BCUT2D eigenvalue weighted by Gasteiger charge is -2.16. The van der Waals surface area contributed by atoms with Crippen molar-refractivity contribution in [2.24, 2.45) is 0 Å². The fourth-order valence-corrected chi connectivity index (χ4v) is 2.05. The first kappa shape index (κ1) is 16.6. The van der Waals surface area contributed by atoms with Crippen LogP contribution in [0.15, 0.2) is 41.3 Å². The van der Waals surface area contributed by atoms with Gasteiger partial charge in [0, 0.05) is 24.4 Å². The molecule has 0 saturated carbocycles. The number of hydrogen-bond acceptors (Lipinski definition) is 5. The Morgan fingerprint density at radius 1 is 1.26 bits per heavy atom. The number of aliphatic hydroxyl groups is 1. The minimum absolute atomic E-state index is 0.0124. The number of ether oxygens (including phenoxy) is 2. The van der Waals surface area contributed by atoms with Gasteiger partial charge in [0.1, 0.15) is 17.6 Å². The number of H-pyrrole nitrogens is 1. The number of pyridine rings is 1. The van der Waals surface area contributed by atoms with Gasteiger partial charge in [0.25, 0.3) is 5.91 Å². The molecular formula is C16H18N2O5. The van der Waals surface area contributed by atoms with E-state index in [2.05, 4.69) is 10.3 Å². The Morgan fingerprint density at radius 2 is 2.04 bits per heavy atom. The van der Waals surface area contributed by atoms with Crippen LogP contribution in [0.1, 0.15) is 22.0 Å². The molecular weight excluding hydrogens is 300 g/mol. The molecule has 0 spiro atoms. The summed E-state index contributed by atoms with van der Waals surface area (Å²) < 4.78 is 10.3. The minimum atomic E-state index is -0.966. The van der Waals surface area contributed by atoms with Crippen LogP contribution in [-0.2, 0) is 0 Å². The highest BCUT2D eigenvalue weighted by atomic mass is 16.5. The lowest BCUT2D eigenvalue weighted by molar-refractivity contribution is 0.0914. The van der Waals surface area contributed by atoms with Crippen LogP contribution in [0, 0.1) is 0 Å². The molecule has 0 fully saturated rings. The zero-order valence-electron chi connectivity index (χ0n) is 12.8. The van der Waals surface area contributed by atoms with Gasteiger partial charge in [-0.1, -0.05) is 0 Å². The summed E-state index contributed by atoms with van der Waals surface area (Å²) in [7, 11) is 3.02. The van der Waals surface area contributed by atoms with Crippen molar-refractivity contribution >= 4 is 5.91 Å². The Hall–Kier alpha value is -2.80. The van der Waals surface area contributed by atoms with Crippen LogP contribution in [0.4, 0.5) is 0 Å². The largest absolute Gasteiger partial charge is 0.497 e. The van der Waals surface area contributed by atoms with Crippen molar-refractivity contribution in [3.63, 3.8) is 0 Å². The van der Waals surface area contributed by atoms with Crippen LogP contribution in [-0.4, -0.2) is 36.8 Å². The van der Waals surface area contributed by atoms with E-state index in [1.165, 1.54) is 32.5 Å². The number of amides is 1. The number of carbonyl (C=O) groups excluding carboxylic acids is 1. The number of aromatic nitrogens is 1. The van der Waals surface area contributed by atoms with E-state index in [9.17, 15) is 14.7 Å². The second-order valence-electron chi connectivity index (χ2n) is 4.78. The zero-order valence-corrected chi connectivity index (χ0v) is 12.8. The summed E-state index contributed by atoms with van der Waals surface area (Å²) in [5.41, 5.74) is 0.519. The molecule has 122 valence electrons. The summed E-state index contributed by atoms with van der Waals surface area (Å²) in [6.07, 6.45) is 0.350. The van der Waals surface area contributed by atoms with Crippen molar-refractivity contribution < 1.29 is 19.4 Å². The molecule has 2 rings (SSSR count). The Kier molecular flexibility index (Phi) is 5.37. The Labute approximate surface area is 132 Å². The van der Waals surface area contributed by atoms with E-state index in [1.54, 1.807) is 18.2 Å². The zero-order chi connectivity index (χ0) is 16.8. The molecule has 2 aromatic rings. The van der Waals surface area contributed by atoms with E-state index >= 15 is 0 Å². The first-order chi connectivity index (χ1) is 11.0. The molecule has 1 atom stereocenters. The van der Waals surface area contributed by atoms with Gasteiger partial charge in [-0.15, -0.1) is 0 Å². The number of aliphatic hydroxyl groups excluding tert-OH is 1. The number of nitrogens with one attached hydrogen (secondary N) is 2. The van der Waals surface area contributed by atoms with Crippen LogP contribution in [0.2, 0.25) is 0 Å². The third-order valence-electron chi connectivity index (χ3n) is 3.30. The van der Waals surface area contributed by atoms with Crippen LogP contribution in [0.3, 0.4) is 0 Å². The maximum atomic E-state index is 12.0. The Bertz CT molecular complexity index is 721. The highest BCUT2D eigenvalue weighted by molar-refractivity contribution is 5.93. The van der Waals surface area contributed by atoms with Crippen molar-refractivity contribution in [3.05, 3.63) is 58.0 Å². The second kappa shape index (κ2) is 7.46. The van der Waals surface area contributed by atoms with Gasteiger partial charge in [-0.05, 0) is 24.3 Å². The topological polar surface area (TPSA) is 101 Å². The van der Waals surface area contributed by atoms with Crippen molar-refractivity contribution in [1.82, 2.24) is 10.3 Å². The van der Waals surface area contributed by atoms with E-state index in [0.717, 1.165) is 0 Å². The maximum Gasteiger partial charge on any atom is 0.252 e. The van der Waals surface area contributed by atoms with Gasteiger partial charge in [-0.2, -0.15) is 0 Å². The van der Waals surface area contributed by atoms with E-state index in [-0.39, 0.29) is 12.1 Å². The predicted octanol–water partition coefficient (Wildman–Crippen LogP) is 0.855. The molecule has 0 radical (unpaired) electrons. The number of benzene rings is 1. The van der Waals surface area contributed by atoms with Gasteiger partial charge in [-0.25, -0.2) is 0 Å². The number of hydrogen-bond donors (Lipinski definition) is 3. The fraction of sp³-hybridized carbons (Fsp3) is 0.250. The molecule has 0 unspecified atom stereocenters. The van der Waals surface area contributed by atoms with Crippen LogP contribution in [0.25, 0.3) is 0 Å². The summed E-state index contributed by atoms with van der Waals surface area (Å²) in [5.74, 6) is 0.672. The van der Waals surface area contributed by atoms with Crippen molar-refractivity contribution in [2.75, 3.05) is 20.8 Å². The summed E-state index contributed by atoms with van der Waals surface area (Å²) >= 11 is 0. The van der Waals surface area contributed by atoms with E-state index in [0.29, 0.717) is 22.6 Å². The van der Waals surface area contributed by atoms with Crippen molar-refractivity contribution in [2.45, 2.75) is 6.10 Å². The van der Waals surface area contributed by atoms with Crippen molar-refractivity contribution in [3.8, 4) is 11.5 Å². The Morgan fingerprint density at radius 3 is 2.65 bits per heavy atom. The van der Waals surface area contributed by atoms with Gasteiger partial charge in [0.2, 0.25) is 5.56 Å². The third-order valence-corrected chi connectivity index (χ3v) is 3.30. The summed E-state index contributed by atoms with van der Waals surface area (Å²) in [6, 6.07) is 7.72. The molecule has 0 aliphatic carbocycles. The molecule has 7 heteroatoms. The quantitative estimate of drug-likeness (QED) is 0.733. The SMILES string of the molecule is COc1ccc(OC)c([C@H](O)CNC(=O)c2ccc(=O)[nH]c2)c1. The predicted molar refractivity (Wildman–Crippen MR) is 83.9 cm³/mol. The molecule has 1 amide bonds. The lowest BCUT2D eigenvalue weighted by atomic mass is 10.1. The first-order valence-corrected chi connectivity index (χ1v) is 6.92. The number of methoxy groups -OCH3 is 2. The molecule has 7 nitrogen and oxygen atoms in total. The third kappa shape index (κ3) is 4.10. The highest BCUT2D eigenvalue weighted by Gasteiger charge is 2.16. The normalized spacial score (nSPS) is 11.6. The van der Waals surface area contributed by atoms with Gasteiger partial charge in [0.05, 0.1) is 19.8 Å². The summed E-state index contributed by atoms with van der Waals surface area (Å²) in [6.45, 7) is -0.0124.